The molecule has 0 amide bonds. The number of nitrogens with zero attached hydrogens (tertiary/aromatic N) is 7. The monoisotopic (exact) mass is 416 g/mol. The Labute approximate surface area is 182 Å². The Kier molecular flexibility index (Phi) is 6.76. The molecule has 0 aliphatic heterocycles. The Hall–Kier alpha value is -3.42. The molecule has 1 N–H and O–H groups in total. The number of hydrogen-bond acceptors (Lipinski definition) is 6. The number of pyridine rings is 1. The van der Waals surface area contributed by atoms with Gasteiger partial charge in [-0.05, 0) is 29.7 Å². The number of aromatic amines is 1. The predicted octanol–water partition coefficient (Wildman–Crippen LogP) is 4.25. The van der Waals surface area contributed by atoms with Crippen LogP contribution in [0.2, 0.25) is 0 Å². The summed E-state index contributed by atoms with van der Waals surface area (Å²) in [6.07, 6.45) is 8.10. The maximum atomic E-state index is 4.82. The van der Waals surface area contributed by atoms with Gasteiger partial charge in [-0.3, -0.25) is 4.98 Å². The van der Waals surface area contributed by atoms with E-state index in [1.807, 2.05) is 36.5 Å². The molecular formula is C23H28N8. The van der Waals surface area contributed by atoms with E-state index in [9.17, 15) is 0 Å². The number of unbranched alkanes of at least 4 members (excludes halogenated alkanes) is 2. The summed E-state index contributed by atoms with van der Waals surface area (Å²) in [4.78, 5) is 9.54. The van der Waals surface area contributed by atoms with Crippen LogP contribution < -0.4 is 0 Å². The molecule has 0 saturated carbocycles. The van der Waals surface area contributed by atoms with E-state index in [1.165, 1.54) is 0 Å². The van der Waals surface area contributed by atoms with Crippen molar-refractivity contribution in [3.05, 3.63) is 59.8 Å². The smallest absolute Gasteiger partial charge is 0.205 e. The Balaban J connectivity index is 1.55. The molecule has 4 rings (SSSR count). The van der Waals surface area contributed by atoms with E-state index < -0.39 is 0 Å². The minimum Gasteiger partial charge on any atom is -0.256 e. The molecule has 0 spiro atoms. The summed E-state index contributed by atoms with van der Waals surface area (Å²) < 4.78 is 2.08. The van der Waals surface area contributed by atoms with Gasteiger partial charge in [-0.1, -0.05) is 57.0 Å². The minimum atomic E-state index is 0.560. The molecule has 160 valence electrons. The molecule has 0 bridgehead atoms. The Morgan fingerprint density at radius 2 is 1.81 bits per heavy atom. The van der Waals surface area contributed by atoms with Crippen LogP contribution in [0, 0.1) is 0 Å². The van der Waals surface area contributed by atoms with Crippen molar-refractivity contribution in [3.8, 4) is 22.6 Å². The second kappa shape index (κ2) is 10.1. The maximum absolute atomic E-state index is 4.82. The highest BCUT2D eigenvalue weighted by Gasteiger charge is 2.13. The van der Waals surface area contributed by atoms with E-state index in [-0.39, 0.29) is 0 Å². The van der Waals surface area contributed by atoms with Crippen molar-refractivity contribution in [1.82, 2.24) is 40.4 Å². The summed E-state index contributed by atoms with van der Waals surface area (Å²) in [6.45, 7) is 5.30. The predicted molar refractivity (Wildman–Crippen MR) is 119 cm³/mol. The third-order valence-electron chi connectivity index (χ3n) is 5.25. The lowest BCUT2D eigenvalue weighted by molar-refractivity contribution is 0.544. The normalized spacial score (nSPS) is 11.2. The van der Waals surface area contributed by atoms with Gasteiger partial charge in [-0.15, -0.1) is 10.2 Å². The molecular weight excluding hydrogens is 388 g/mol. The number of nitrogens with one attached hydrogen (secondary N) is 1. The first kappa shape index (κ1) is 20.8. The molecule has 0 atom stereocenters. The summed E-state index contributed by atoms with van der Waals surface area (Å²) in [6, 6.07) is 12.1. The second-order valence-electron chi connectivity index (χ2n) is 7.63. The molecule has 0 aliphatic rings. The third-order valence-corrected chi connectivity index (χ3v) is 5.25. The summed E-state index contributed by atoms with van der Waals surface area (Å²) in [5.74, 6) is 2.53. The first-order valence-electron chi connectivity index (χ1n) is 11.0. The van der Waals surface area contributed by atoms with Gasteiger partial charge < -0.3 is 0 Å². The minimum absolute atomic E-state index is 0.560. The highest BCUT2D eigenvalue weighted by Crippen LogP contribution is 2.28. The van der Waals surface area contributed by atoms with Crippen molar-refractivity contribution in [2.75, 3.05) is 0 Å². The van der Waals surface area contributed by atoms with Gasteiger partial charge in [0.15, 0.2) is 5.82 Å². The van der Waals surface area contributed by atoms with Gasteiger partial charge in [0.05, 0.1) is 5.69 Å². The largest absolute Gasteiger partial charge is 0.256 e. The quantitative estimate of drug-likeness (QED) is 0.415. The van der Waals surface area contributed by atoms with E-state index in [0.29, 0.717) is 5.82 Å². The van der Waals surface area contributed by atoms with Crippen LogP contribution in [-0.4, -0.2) is 40.4 Å². The first-order valence-corrected chi connectivity index (χ1v) is 11.0. The van der Waals surface area contributed by atoms with Crippen molar-refractivity contribution in [1.29, 1.82) is 0 Å². The topological polar surface area (TPSA) is 98.1 Å². The number of rotatable bonds is 10. The van der Waals surface area contributed by atoms with Crippen molar-refractivity contribution < 1.29 is 0 Å². The highest BCUT2D eigenvalue weighted by molar-refractivity contribution is 5.78. The Morgan fingerprint density at radius 3 is 2.52 bits per heavy atom. The zero-order valence-corrected chi connectivity index (χ0v) is 18.1. The fourth-order valence-electron chi connectivity index (χ4n) is 3.53. The number of tetrazole rings is 1. The summed E-state index contributed by atoms with van der Waals surface area (Å²) in [5, 5.41) is 19.2. The van der Waals surface area contributed by atoms with Gasteiger partial charge in [0, 0.05) is 36.7 Å². The van der Waals surface area contributed by atoms with Gasteiger partial charge in [0.1, 0.15) is 5.82 Å². The first-order chi connectivity index (χ1) is 15.3. The third kappa shape index (κ3) is 5.02. The molecule has 1 aromatic carbocycles. The van der Waals surface area contributed by atoms with Crippen LogP contribution in [0.5, 0.6) is 0 Å². The number of aromatic nitrogens is 8. The number of benzene rings is 1. The zero-order chi connectivity index (χ0) is 21.5. The number of aryl methyl sites for hydroxylation is 2. The fraction of sp³-hybridized carbons (Fsp3) is 0.391. The summed E-state index contributed by atoms with van der Waals surface area (Å²) in [5.41, 5.74) is 3.87. The van der Waals surface area contributed by atoms with Crippen LogP contribution in [-0.2, 0) is 19.4 Å². The van der Waals surface area contributed by atoms with Crippen LogP contribution in [0.3, 0.4) is 0 Å². The molecule has 0 radical (unpaired) electrons. The van der Waals surface area contributed by atoms with Crippen LogP contribution in [0.4, 0.5) is 0 Å². The van der Waals surface area contributed by atoms with Gasteiger partial charge in [-0.25, -0.2) is 9.67 Å². The van der Waals surface area contributed by atoms with Crippen molar-refractivity contribution in [3.63, 3.8) is 0 Å². The van der Waals surface area contributed by atoms with Gasteiger partial charge in [-0.2, -0.15) is 10.3 Å². The fourth-order valence-corrected chi connectivity index (χ4v) is 3.53. The van der Waals surface area contributed by atoms with E-state index in [1.54, 1.807) is 0 Å². The maximum Gasteiger partial charge on any atom is 0.205 e. The summed E-state index contributed by atoms with van der Waals surface area (Å²) in [7, 11) is 0. The van der Waals surface area contributed by atoms with E-state index in [0.717, 1.165) is 79.1 Å². The second-order valence-corrected chi connectivity index (χ2v) is 7.63. The van der Waals surface area contributed by atoms with E-state index in [2.05, 4.69) is 45.2 Å². The molecule has 3 aromatic heterocycles. The standard InChI is InChI=1S/C23H28N8/c1-3-5-11-21-25-22(31(28-21)14-6-4-2)15-17-12-13-20(24-16-17)18-9-7-8-10-19(18)23-26-29-30-27-23/h7-10,12-13,16H,3-6,11,14-15H2,1-2H3,(H,26,27,29,30). The lowest BCUT2D eigenvalue weighted by Gasteiger charge is -2.08. The molecule has 0 saturated heterocycles. The molecule has 31 heavy (non-hydrogen) atoms. The molecule has 0 unspecified atom stereocenters. The highest BCUT2D eigenvalue weighted by atomic mass is 15.5. The van der Waals surface area contributed by atoms with Crippen molar-refractivity contribution in [2.24, 2.45) is 0 Å². The SMILES string of the molecule is CCCCc1nc(Cc2ccc(-c3ccccc3-c3nn[nH]n3)nc2)n(CCCC)n1. The molecule has 8 heteroatoms. The lowest BCUT2D eigenvalue weighted by Crippen LogP contribution is -2.07. The Bertz CT molecular complexity index is 1080. The van der Waals surface area contributed by atoms with Crippen LogP contribution in [0.1, 0.15) is 56.7 Å². The van der Waals surface area contributed by atoms with E-state index in [4.69, 9.17) is 15.1 Å². The van der Waals surface area contributed by atoms with Crippen LogP contribution in [0.25, 0.3) is 22.6 Å². The average Bonchev–Trinajstić information content (AvgIpc) is 3.47. The van der Waals surface area contributed by atoms with Gasteiger partial charge in [0.2, 0.25) is 5.82 Å². The molecule has 4 aromatic rings. The zero-order valence-electron chi connectivity index (χ0n) is 18.1. The molecule has 3 heterocycles. The van der Waals surface area contributed by atoms with Crippen molar-refractivity contribution in [2.45, 2.75) is 58.9 Å². The van der Waals surface area contributed by atoms with Crippen LogP contribution >= 0.6 is 0 Å². The number of hydrogen-bond donors (Lipinski definition) is 1. The lowest BCUT2D eigenvalue weighted by atomic mass is 10.0. The van der Waals surface area contributed by atoms with Gasteiger partial charge in [0.25, 0.3) is 0 Å². The number of H-pyrrole nitrogens is 1. The van der Waals surface area contributed by atoms with Gasteiger partial charge >= 0.3 is 0 Å². The van der Waals surface area contributed by atoms with Crippen LogP contribution in [0.15, 0.2) is 42.6 Å². The molecule has 0 fully saturated rings. The van der Waals surface area contributed by atoms with Crippen molar-refractivity contribution >= 4 is 0 Å². The summed E-state index contributed by atoms with van der Waals surface area (Å²) >= 11 is 0. The average molecular weight is 417 g/mol. The van der Waals surface area contributed by atoms with E-state index >= 15 is 0 Å². The Morgan fingerprint density at radius 1 is 0.968 bits per heavy atom. The molecule has 8 nitrogen and oxygen atoms in total. The molecule has 0 aliphatic carbocycles.